The highest BCUT2D eigenvalue weighted by atomic mass is 16.1. The van der Waals surface area contributed by atoms with E-state index in [4.69, 9.17) is 0 Å². The van der Waals surface area contributed by atoms with Gasteiger partial charge in [-0.1, -0.05) is 0 Å². The van der Waals surface area contributed by atoms with Crippen molar-refractivity contribution < 1.29 is 4.79 Å². The highest BCUT2D eigenvalue weighted by Gasteiger charge is 2.11. The van der Waals surface area contributed by atoms with Crippen LogP contribution in [-0.2, 0) is 4.79 Å². The minimum absolute atomic E-state index is 0.254. The van der Waals surface area contributed by atoms with Crippen molar-refractivity contribution in [2.75, 3.05) is 19.6 Å². The number of carbonyl (C=O) groups excluding carboxylic acids is 1. The first-order valence-corrected chi connectivity index (χ1v) is 3.95. The third-order valence-electron chi connectivity index (χ3n) is 1.90. The van der Waals surface area contributed by atoms with E-state index in [1.54, 1.807) is 6.92 Å². The first-order chi connectivity index (χ1) is 5.20. The second-order valence-electron chi connectivity index (χ2n) is 2.87. The molecule has 0 aromatic carbocycles. The predicted octanol–water partition coefficient (Wildman–Crippen LogP) is 0.700. The summed E-state index contributed by atoms with van der Waals surface area (Å²) in [5, 5.41) is 0. The van der Waals surface area contributed by atoms with Crippen molar-refractivity contribution in [3.63, 3.8) is 0 Å². The Labute approximate surface area is 67.1 Å². The van der Waals surface area contributed by atoms with Gasteiger partial charge in [-0.25, -0.2) is 0 Å². The second kappa shape index (κ2) is 3.51. The molecule has 0 N–H and O–H groups in total. The van der Waals surface area contributed by atoms with Crippen LogP contribution >= 0.6 is 0 Å². The monoisotopic (exact) mass is 154 g/mol. The van der Waals surface area contributed by atoms with Crippen molar-refractivity contribution in [1.82, 2.24) is 4.90 Å². The predicted molar refractivity (Wildman–Crippen MR) is 44.8 cm³/mol. The summed E-state index contributed by atoms with van der Waals surface area (Å²) in [4.78, 5) is 17.0. The smallest absolute Gasteiger partial charge is 0.131 e. The van der Waals surface area contributed by atoms with Gasteiger partial charge in [0.25, 0.3) is 0 Å². The van der Waals surface area contributed by atoms with Crippen LogP contribution in [0.2, 0.25) is 0 Å². The fourth-order valence-electron chi connectivity index (χ4n) is 1.16. The zero-order valence-corrected chi connectivity index (χ0v) is 7.13. The molecule has 0 aliphatic carbocycles. The van der Waals surface area contributed by atoms with E-state index in [9.17, 15) is 4.79 Å². The van der Waals surface area contributed by atoms with E-state index in [0.29, 0.717) is 6.42 Å². The van der Waals surface area contributed by atoms with Gasteiger partial charge in [-0.2, -0.15) is 0 Å². The standard InChI is InChI=1S/C8H14N2O/c1-7(11)3-5-10-6-4-9-8(10)2/h3-6H2,1-2H3. The number of Topliss-reactive ketones (excluding diaryl/α,β-unsaturated/α-hetero) is 1. The van der Waals surface area contributed by atoms with E-state index in [-0.39, 0.29) is 5.78 Å². The summed E-state index contributed by atoms with van der Waals surface area (Å²) in [6.45, 7) is 6.34. The molecule has 0 aromatic rings. The minimum Gasteiger partial charge on any atom is -0.358 e. The number of ketones is 1. The molecule has 1 aliphatic heterocycles. The van der Waals surface area contributed by atoms with Crippen molar-refractivity contribution in [2.24, 2.45) is 4.99 Å². The molecule has 1 rings (SSSR count). The van der Waals surface area contributed by atoms with Crippen molar-refractivity contribution >= 4 is 11.6 Å². The van der Waals surface area contributed by atoms with Gasteiger partial charge in [0, 0.05) is 19.5 Å². The van der Waals surface area contributed by atoms with E-state index < -0.39 is 0 Å². The second-order valence-corrected chi connectivity index (χ2v) is 2.87. The molecule has 0 saturated heterocycles. The minimum atomic E-state index is 0.254. The Kier molecular flexibility index (Phi) is 2.63. The van der Waals surface area contributed by atoms with Crippen molar-refractivity contribution in [3.05, 3.63) is 0 Å². The average molecular weight is 154 g/mol. The van der Waals surface area contributed by atoms with E-state index in [2.05, 4.69) is 9.89 Å². The lowest BCUT2D eigenvalue weighted by atomic mass is 10.3. The Bertz CT molecular complexity index is 187. The fourth-order valence-corrected chi connectivity index (χ4v) is 1.16. The van der Waals surface area contributed by atoms with Crippen LogP contribution in [0.25, 0.3) is 0 Å². The molecule has 0 bridgehead atoms. The molecule has 1 aliphatic rings. The number of hydrogen-bond donors (Lipinski definition) is 0. The first-order valence-electron chi connectivity index (χ1n) is 3.95. The summed E-state index contributed by atoms with van der Waals surface area (Å²) in [7, 11) is 0. The lowest BCUT2D eigenvalue weighted by Crippen LogP contribution is -2.27. The van der Waals surface area contributed by atoms with E-state index in [1.165, 1.54) is 0 Å². The first kappa shape index (κ1) is 8.24. The van der Waals surface area contributed by atoms with Crippen LogP contribution in [0.1, 0.15) is 20.3 Å². The van der Waals surface area contributed by atoms with Crippen molar-refractivity contribution in [2.45, 2.75) is 20.3 Å². The van der Waals surface area contributed by atoms with Crippen LogP contribution in [-0.4, -0.2) is 36.2 Å². The third kappa shape index (κ3) is 2.33. The van der Waals surface area contributed by atoms with E-state index >= 15 is 0 Å². The van der Waals surface area contributed by atoms with Crippen LogP contribution < -0.4 is 0 Å². The summed E-state index contributed by atoms with van der Waals surface area (Å²) in [6, 6.07) is 0. The zero-order valence-electron chi connectivity index (χ0n) is 7.13. The number of nitrogens with zero attached hydrogens (tertiary/aromatic N) is 2. The summed E-state index contributed by atoms with van der Waals surface area (Å²) in [5.41, 5.74) is 0. The van der Waals surface area contributed by atoms with Gasteiger partial charge in [0.15, 0.2) is 0 Å². The van der Waals surface area contributed by atoms with Gasteiger partial charge in [0.05, 0.1) is 12.4 Å². The van der Waals surface area contributed by atoms with Crippen molar-refractivity contribution in [1.29, 1.82) is 0 Å². The van der Waals surface area contributed by atoms with Gasteiger partial charge in [0.1, 0.15) is 5.78 Å². The fraction of sp³-hybridized carbons (Fsp3) is 0.750. The molecule has 1 heterocycles. The zero-order chi connectivity index (χ0) is 8.27. The van der Waals surface area contributed by atoms with Gasteiger partial charge >= 0.3 is 0 Å². The van der Waals surface area contributed by atoms with Gasteiger partial charge in [-0.3, -0.25) is 9.79 Å². The van der Waals surface area contributed by atoms with Gasteiger partial charge in [0.2, 0.25) is 0 Å². The van der Waals surface area contributed by atoms with Gasteiger partial charge in [-0.15, -0.1) is 0 Å². The Balaban J connectivity index is 2.27. The van der Waals surface area contributed by atoms with Crippen LogP contribution in [0.3, 0.4) is 0 Å². The molecule has 0 radical (unpaired) electrons. The molecule has 0 spiro atoms. The Morgan fingerprint density at radius 3 is 2.91 bits per heavy atom. The maximum Gasteiger partial charge on any atom is 0.131 e. The van der Waals surface area contributed by atoms with E-state index in [0.717, 1.165) is 25.5 Å². The highest BCUT2D eigenvalue weighted by Crippen LogP contribution is 2.01. The number of carbonyl (C=O) groups is 1. The Morgan fingerprint density at radius 1 is 1.73 bits per heavy atom. The lowest BCUT2D eigenvalue weighted by Gasteiger charge is -2.16. The summed E-state index contributed by atoms with van der Waals surface area (Å²) < 4.78 is 0. The van der Waals surface area contributed by atoms with Gasteiger partial charge in [-0.05, 0) is 13.8 Å². The number of rotatable bonds is 3. The van der Waals surface area contributed by atoms with Crippen LogP contribution in [0.5, 0.6) is 0 Å². The normalized spacial score (nSPS) is 16.9. The van der Waals surface area contributed by atoms with Crippen LogP contribution in [0.15, 0.2) is 4.99 Å². The quantitative estimate of drug-likeness (QED) is 0.599. The number of hydrogen-bond acceptors (Lipinski definition) is 3. The van der Waals surface area contributed by atoms with Crippen molar-refractivity contribution in [3.8, 4) is 0 Å². The van der Waals surface area contributed by atoms with E-state index in [1.807, 2.05) is 6.92 Å². The largest absolute Gasteiger partial charge is 0.358 e. The maximum atomic E-state index is 10.6. The third-order valence-corrected chi connectivity index (χ3v) is 1.90. The van der Waals surface area contributed by atoms with Crippen LogP contribution in [0, 0.1) is 0 Å². The molecule has 0 unspecified atom stereocenters. The SMILES string of the molecule is CC(=O)CCN1CCN=C1C. The molecular weight excluding hydrogens is 140 g/mol. The highest BCUT2D eigenvalue weighted by molar-refractivity contribution is 5.82. The average Bonchev–Trinajstić information content (AvgIpc) is 2.31. The van der Waals surface area contributed by atoms with Gasteiger partial charge < -0.3 is 4.90 Å². The maximum absolute atomic E-state index is 10.6. The molecular formula is C8H14N2O. The number of aliphatic imine (C=N–C) groups is 1. The molecule has 62 valence electrons. The lowest BCUT2D eigenvalue weighted by molar-refractivity contribution is -0.117. The number of amidine groups is 1. The Hall–Kier alpha value is -0.860. The molecule has 0 saturated carbocycles. The summed E-state index contributed by atoms with van der Waals surface area (Å²) in [5.74, 6) is 1.33. The molecule has 0 amide bonds. The molecule has 0 atom stereocenters. The molecule has 11 heavy (non-hydrogen) atoms. The summed E-state index contributed by atoms with van der Waals surface area (Å²) in [6.07, 6.45) is 0.646. The Morgan fingerprint density at radius 2 is 2.45 bits per heavy atom. The molecule has 0 aromatic heterocycles. The summed E-state index contributed by atoms with van der Waals surface area (Å²) >= 11 is 0. The molecule has 0 fully saturated rings. The molecule has 3 heteroatoms. The topological polar surface area (TPSA) is 32.7 Å². The molecule has 3 nitrogen and oxygen atoms in total. The van der Waals surface area contributed by atoms with Crippen LogP contribution in [0.4, 0.5) is 0 Å².